The minimum absolute atomic E-state index is 0.0868. The van der Waals surface area contributed by atoms with Gasteiger partial charge in [-0.05, 0) is 25.0 Å². The third-order valence-electron chi connectivity index (χ3n) is 3.57. The Bertz CT molecular complexity index is 543. The van der Waals surface area contributed by atoms with Crippen molar-refractivity contribution in [3.8, 4) is 0 Å². The van der Waals surface area contributed by atoms with Crippen LogP contribution in [0.5, 0.6) is 0 Å². The standard InChI is InChI=1S/C15H17F2NO2/c1-9(2)14(19)10-5-4-8-18(15(10)20)12-7-3-6-11(16)13(12)17/h3,6-7,9-10H,4-5,8H2,1-2H3. The number of halogens is 2. The van der Waals surface area contributed by atoms with E-state index in [1.54, 1.807) is 13.8 Å². The number of benzene rings is 1. The molecule has 0 saturated carbocycles. The molecule has 0 aromatic heterocycles. The van der Waals surface area contributed by atoms with E-state index in [1.807, 2.05) is 0 Å². The zero-order valence-corrected chi connectivity index (χ0v) is 11.5. The molecule has 1 unspecified atom stereocenters. The number of Topliss-reactive ketones (excluding diaryl/α,β-unsaturated/α-hetero) is 1. The average Bonchev–Trinajstić information content (AvgIpc) is 2.42. The fourth-order valence-electron chi connectivity index (χ4n) is 2.48. The van der Waals surface area contributed by atoms with Crippen molar-refractivity contribution in [2.75, 3.05) is 11.4 Å². The monoisotopic (exact) mass is 281 g/mol. The van der Waals surface area contributed by atoms with E-state index < -0.39 is 23.5 Å². The summed E-state index contributed by atoms with van der Waals surface area (Å²) in [6, 6.07) is 3.72. The topological polar surface area (TPSA) is 37.4 Å². The molecule has 1 heterocycles. The predicted octanol–water partition coefficient (Wildman–Crippen LogP) is 2.93. The van der Waals surface area contributed by atoms with Gasteiger partial charge in [0.15, 0.2) is 11.6 Å². The molecule has 0 spiro atoms. The first-order chi connectivity index (χ1) is 9.43. The Labute approximate surface area is 116 Å². The molecule has 1 aliphatic rings. The molecule has 5 heteroatoms. The summed E-state index contributed by atoms with van der Waals surface area (Å²) in [5.74, 6) is -3.60. The van der Waals surface area contributed by atoms with Crippen molar-refractivity contribution in [1.29, 1.82) is 0 Å². The maximum Gasteiger partial charge on any atom is 0.237 e. The Kier molecular flexibility index (Phi) is 4.16. The molecule has 1 fully saturated rings. The minimum atomic E-state index is -1.04. The Balaban J connectivity index is 2.31. The van der Waals surface area contributed by atoms with Crippen molar-refractivity contribution in [3.05, 3.63) is 29.8 Å². The minimum Gasteiger partial charge on any atom is -0.309 e. The van der Waals surface area contributed by atoms with Crippen LogP contribution in [0.4, 0.5) is 14.5 Å². The van der Waals surface area contributed by atoms with Crippen molar-refractivity contribution in [3.63, 3.8) is 0 Å². The summed E-state index contributed by atoms with van der Waals surface area (Å²) in [4.78, 5) is 25.6. The van der Waals surface area contributed by atoms with Crippen molar-refractivity contribution in [2.45, 2.75) is 26.7 Å². The van der Waals surface area contributed by atoms with E-state index in [1.165, 1.54) is 17.0 Å². The number of amides is 1. The molecule has 0 bridgehead atoms. The highest BCUT2D eigenvalue weighted by molar-refractivity contribution is 6.09. The number of piperidine rings is 1. The lowest BCUT2D eigenvalue weighted by Gasteiger charge is -2.32. The zero-order valence-electron chi connectivity index (χ0n) is 11.5. The van der Waals surface area contributed by atoms with Crippen LogP contribution in [-0.2, 0) is 9.59 Å². The lowest BCUT2D eigenvalue weighted by Crippen LogP contribution is -2.45. The third-order valence-corrected chi connectivity index (χ3v) is 3.57. The first kappa shape index (κ1) is 14.6. The third kappa shape index (κ3) is 2.57. The second kappa shape index (κ2) is 5.69. The summed E-state index contributed by atoms with van der Waals surface area (Å²) in [5.41, 5.74) is -0.0868. The van der Waals surface area contributed by atoms with E-state index in [0.29, 0.717) is 19.4 Å². The first-order valence-electron chi connectivity index (χ1n) is 6.72. The van der Waals surface area contributed by atoms with Crippen molar-refractivity contribution >= 4 is 17.4 Å². The molecule has 0 N–H and O–H groups in total. The maximum atomic E-state index is 13.8. The highest BCUT2D eigenvalue weighted by Crippen LogP contribution is 2.29. The van der Waals surface area contributed by atoms with Gasteiger partial charge >= 0.3 is 0 Å². The van der Waals surface area contributed by atoms with Crippen LogP contribution < -0.4 is 4.90 Å². The molecule has 1 aromatic carbocycles. The molecule has 0 aliphatic carbocycles. The van der Waals surface area contributed by atoms with Gasteiger partial charge in [0, 0.05) is 12.5 Å². The number of nitrogens with zero attached hydrogens (tertiary/aromatic N) is 1. The van der Waals surface area contributed by atoms with Crippen LogP contribution in [-0.4, -0.2) is 18.2 Å². The molecule has 2 rings (SSSR count). The molecule has 1 atom stereocenters. The van der Waals surface area contributed by atoms with Crippen LogP contribution in [0.3, 0.4) is 0 Å². The van der Waals surface area contributed by atoms with Crippen molar-refractivity contribution in [2.24, 2.45) is 11.8 Å². The molecular weight excluding hydrogens is 264 g/mol. The van der Waals surface area contributed by atoms with Gasteiger partial charge < -0.3 is 4.90 Å². The summed E-state index contributed by atoms with van der Waals surface area (Å²) in [7, 11) is 0. The van der Waals surface area contributed by atoms with Gasteiger partial charge in [-0.15, -0.1) is 0 Å². The van der Waals surface area contributed by atoms with Crippen LogP contribution >= 0.6 is 0 Å². The van der Waals surface area contributed by atoms with Crippen LogP contribution in [0.2, 0.25) is 0 Å². The molecule has 108 valence electrons. The Morgan fingerprint density at radius 1 is 1.35 bits per heavy atom. The normalized spacial score (nSPS) is 19.6. The van der Waals surface area contributed by atoms with Gasteiger partial charge in [-0.2, -0.15) is 0 Å². The Morgan fingerprint density at radius 3 is 2.70 bits per heavy atom. The number of carbonyl (C=O) groups excluding carboxylic acids is 2. The second-order valence-corrected chi connectivity index (χ2v) is 5.31. The number of ketones is 1. The summed E-state index contributed by atoms with van der Waals surface area (Å²) in [6.07, 6.45) is 1.08. The molecule has 20 heavy (non-hydrogen) atoms. The average molecular weight is 281 g/mol. The highest BCUT2D eigenvalue weighted by atomic mass is 19.2. The van der Waals surface area contributed by atoms with Gasteiger partial charge in [0.2, 0.25) is 5.91 Å². The van der Waals surface area contributed by atoms with E-state index in [2.05, 4.69) is 0 Å². The molecule has 0 radical (unpaired) electrons. The van der Waals surface area contributed by atoms with Gasteiger partial charge in [0.05, 0.1) is 11.6 Å². The summed E-state index contributed by atoms with van der Waals surface area (Å²) in [6.45, 7) is 3.77. The fourth-order valence-corrected chi connectivity index (χ4v) is 2.48. The van der Waals surface area contributed by atoms with Crippen LogP contribution in [0.15, 0.2) is 18.2 Å². The van der Waals surface area contributed by atoms with E-state index >= 15 is 0 Å². The Morgan fingerprint density at radius 2 is 2.05 bits per heavy atom. The van der Waals surface area contributed by atoms with Gasteiger partial charge in [-0.3, -0.25) is 9.59 Å². The number of anilines is 1. The smallest absolute Gasteiger partial charge is 0.237 e. The quantitative estimate of drug-likeness (QED) is 0.799. The number of carbonyl (C=O) groups is 2. The van der Waals surface area contributed by atoms with Crippen molar-refractivity contribution < 1.29 is 18.4 Å². The van der Waals surface area contributed by atoms with Crippen LogP contribution in [0.25, 0.3) is 0 Å². The van der Waals surface area contributed by atoms with Crippen molar-refractivity contribution in [1.82, 2.24) is 0 Å². The van der Waals surface area contributed by atoms with Gasteiger partial charge in [-0.1, -0.05) is 19.9 Å². The number of rotatable bonds is 3. The first-order valence-corrected chi connectivity index (χ1v) is 6.72. The predicted molar refractivity (Wildman–Crippen MR) is 71.3 cm³/mol. The zero-order chi connectivity index (χ0) is 14.9. The van der Waals surface area contributed by atoms with Crippen LogP contribution in [0.1, 0.15) is 26.7 Å². The van der Waals surface area contributed by atoms with E-state index in [4.69, 9.17) is 0 Å². The van der Waals surface area contributed by atoms with E-state index in [9.17, 15) is 18.4 Å². The molecule has 1 aliphatic heterocycles. The summed E-state index contributed by atoms with van der Waals surface area (Å²) >= 11 is 0. The number of hydrogen-bond donors (Lipinski definition) is 0. The summed E-state index contributed by atoms with van der Waals surface area (Å²) < 4.78 is 27.1. The highest BCUT2D eigenvalue weighted by Gasteiger charge is 2.36. The summed E-state index contributed by atoms with van der Waals surface area (Å²) in [5, 5.41) is 0. The largest absolute Gasteiger partial charge is 0.309 e. The lowest BCUT2D eigenvalue weighted by molar-refractivity contribution is -0.135. The lowest BCUT2D eigenvalue weighted by atomic mass is 9.87. The molecule has 1 amide bonds. The maximum absolute atomic E-state index is 13.8. The fraction of sp³-hybridized carbons (Fsp3) is 0.467. The molecule has 1 saturated heterocycles. The SMILES string of the molecule is CC(C)C(=O)C1CCCN(c2cccc(F)c2F)C1=O. The van der Waals surface area contributed by atoms with E-state index in [-0.39, 0.29) is 17.4 Å². The van der Waals surface area contributed by atoms with E-state index in [0.717, 1.165) is 6.07 Å². The van der Waals surface area contributed by atoms with Crippen LogP contribution in [0, 0.1) is 23.5 Å². The van der Waals surface area contributed by atoms with Gasteiger partial charge in [0.1, 0.15) is 5.78 Å². The molecular formula is C15H17F2NO2. The molecule has 1 aromatic rings. The Hall–Kier alpha value is -1.78. The second-order valence-electron chi connectivity index (χ2n) is 5.31. The van der Waals surface area contributed by atoms with Gasteiger partial charge in [0.25, 0.3) is 0 Å². The number of hydrogen-bond acceptors (Lipinski definition) is 2. The van der Waals surface area contributed by atoms with Gasteiger partial charge in [-0.25, -0.2) is 8.78 Å². The molecule has 3 nitrogen and oxygen atoms in total.